The summed E-state index contributed by atoms with van der Waals surface area (Å²) in [6, 6.07) is 2.36. The number of carbonyl (C=O) groups excluding carboxylic acids is 2. The molecule has 3 heterocycles. The first-order chi connectivity index (χ1) is 11.5. The van der Waals surface area contributed by atoms with Gasteiger partial charge in [0.1, 0.15) is 17.5 Å². The van der Waals surface area contributed by atoms with Crippen LogP contribution >= 0.6 is 0 Å². The maximum absolute atomic E-state index is 13.2. The van der Waals surface area contributed by atoms with E-state index < -0.39 is 6.04 Å². The Labute approximate surface area is 139 Å². The van der Waals surface area contributed by atoms with Gasteiger partial charge in [0.05, 0.1) is 12.1 Å². The van der Waals surface area contributed by atoms with Crippen LogP contribution in [0.15, 0.2) is 24.5 Å². The molecule has 0 bridgehead atoms. The number of rotatable bonds is 5. The molecule has 1 saturated heterocycles. The molecule has 0 aromatic carbocycles. The van der Waals surface area contributed by atoms with Crippen molar-refractivity contribution < 1.29 is 14.0 Å². The second-order valence-corrected chi connectivity index (χ2v) is 6.31. The van der Waals surface area contributed by atoms with Gasteiger partial charge in [0.2, 0.25) is 11.8 Å². The first-order valence-electron chi connectivity index (χ1n) is 8.17. The zero-order chi connectivity index (χ0) is 17.3. The fraction of sp³-hybridized carbons (Fsp3) is 0.471. The normalized spacial score (nSPS) is 19.5. The summed E-state index contributed by atoms with van der Waals surface area (Å²) >= 11 is 0. The summed E-state index contributed by atoms with van der Waals surface area (Å²) in [7, 11) is 0. The molecule has 3 rings (SSSR count). The third-order valence-corrected chi connectivity index (χ3v) is 5.01. The van der Waals surface area contributed by atoms with E-state index in [2.05, 4.69) is 15.6 Å². The molecular weight excluding hydrogens is 311 g/mol. The van der Waals surface area contributed by atoms with Crippen LogP contribution < -0.4 is 10.6 Å². The van der Waals surface area contributed by atoms with E-state index in [9.17, 15) is 14.0 Å². The van der Waals surface area contributed by atoms with E-state index in [1.807, 2.05) is 13.8 Å². The van der Waals surface area contributed by atoms with E-state index >= 15 is 0 Å². The van der Waals surface area contributed by atoms with Crippen LogP contribution in [0.2, 0.25) is 0 Å². The van der Waals surface area contributed by atoms with Crippen LogP contribution in [0.1, 0.15) is 32.4 Å². The first-order valence-corrected chi connectivity index (χ1v) is 8.17. The summed E-state index contributed by atoms with van der Waals surface area (Å²) in [6.07, 6.45) is 4.60. The fourth-order valence-electron chi connectivity index (χ4n) is 3.35. The Hall–Kier alpha value is -2.44. The lowest BCUT2D eigenvalue weighted by Gasteiger charge is -2.31. The van der Waals surface area contributed by atoms with Crippen molar-refractivity contribution in [2.24, 2.45) is 5.41 Å². The smallest absolute Gasteiger partial charge is 0.243 e. The number of nitrogens with one attached hydrogen (secondary N) is 2. The summed E-state index contributed by atoms with van der Waals surface area (Å²) in [5, 5.41) is 5.70. The van der Waals surface area contributed by atoms with E-state index in [-0.39, 0.29) is 29.5 Å². The fourth-order valence-corrected chi connectivity index (χ4v) is 3.35. The number of hydrogen-bond donors (Lipinski definition) is 2. The van der Waals surface area contributed by atoms with Crippen molar-refractivity contribution >= 4 is 17.5 Å². The number of pyridine rings is 1. The standard InChI is InChI=1S/C17H21FN4O2/c1-3-17(4-2)10-19-16(24)15(17)21-14(23)7-12-9-22-8-11(18)5-6-13(22)20-12/h5-6,8-9,15H,3-4,7,10H2,1-2H3,(H,19,24)(H,21,23). The number of halogens is 1. The summed E-state index contributed by atoms with van der Waals surface area (Å²) < 4.78 is 14.8. The van der Waals surface area contributed by atoms with Gasteiger partial charge in [-0.1, -0.05) is 13.8 Å². The van der Waals surface area contributed by atoms with E-state index in [4.69, 9.17) is 0 Å². The molecule has 7 heteroatoms. The van der Waals surface area contributed by atoms with Gasteiger partial charge in [0, 0.05) is 24.4 Å². The Morgan fingerprint density at radius 3 is 2.88 bits per heavy atom. The molecule has 0 radical (unpaired) electrons. The third kappa shape index (κ3) is 2.86. The Morgan fingerprint density at radius 2 is 2.17 bits per heavy atom. The maximum Gasteiger partial charge on any atom is 0.243 e. The van der Waals surface area contributed by atoms with Crippen molar-refractivity contribution in [1.82, 2.24) is 20.0 Å². The number of aromatic nitrogens is 2. The average molecular weight is 332 g/mol. The molecule has 128 valence electrons. The minimum absolute atomic E-state index is 0.0522. The number of fused-ring (bicyclic) bond motifs is 1. The monoisotopic (exact) mass is 332 g/mol. The molecule has 1 aliphatic rings. The summed E-state index contributed by atoms with van der Waals surface area (Å²) in [6.45, 7) is 4.64. The van der Waals surface area contributed by atoms with Crippen LogP contribution in [-0.4, -0.2) is 33.8 Å². The van der Waals surface area contributed by atoms with Crippen LogP contribution in [-0.2, 0) is 16.0 Å². The van der Waals surface area contributed by atoms with Gasteiger partial charge in [0.15, 0.2) is 0 Å². The van der Waals surface area contributed by atoms with Gasteiger partial charge in [-0.05, 0) is 25.0 Å². The van der Waals surface area contributed by atoms with Crippen LogP contribution in [0.4, 0.5) is 4.39 Å². The van der Waals surface area contributed by atoms with E-state index in [0.717, 1.165) is 12.8 Å². The number of hydrogen-bond acceptors (Lipinski definition) is 3. The van der Waals surface area contributed by atoms with Gasteiger partial charge in [-0.2, -0.15) is 0 Å². The van der Waals surface area contributed by atoms with Gasteiger partial charge >= 0.3 is 0 Å². The second-order valence-electron chi connectivity index (χ2n) is 6.31. The molecule has 1 fully saturated rings. The molecule has 1 aliphatic heterocycles. The van der Waals surface area contributed by atoms with Crippen molar-refractivity contribution in [3.05, 3.63) is 36.0 Å². The predicted octanol–water partition coefficient (Wildman–Crippen LogP) is 1.44. The Bertz CT molecular complexity index is 782. The van der Waals surface area contributed by atoms with Gasteiger partial charge < -0.3 is 15.0 Å². The molecule has 2 aromatic rings. The highest BCUT2D eigenvalue weighted by atomic mass is 19.1. The molecule has 2 aromatic heterocycles. The molecule has 0 saturated carbocycles. The molecular formula is C17H21FN4O2. The van der Waals surface area contributed by atoms with Crippen LogP contribution in [0, 0.1) is 11.2 Å². The quantitative estimate of drug-likeness (QED) is 0.870. The van der Waals surface area contributed by atoms with Crippen molar-refractivity contribution in [2.75, 3.05) is 6.54 Å². The Morgan fingerprint density at radius 1 is 1.42 bits per heavy atom. The highest BCUT2D eigenvalue weighted by Gasteiger charge is 2.46. The Kier molecular flexibility index (Phi) is 4.26. The molecule has 2 N–H and O–H groups in total. The van der Waals surface area contributed by atoms with Crippen molar-refractivity contribution in [3.63, 3.8) is 0 Å². The largest absolute Gasteiger partial charge is 0.354 e. The summed E-state index contributed by atoms with van der Waals surface area (Å²) in [5.41, 5.74) is 0.874. The van der Waals surface area contributed by atoms with Crippen molar-refractivity contribution in [3.8, 4) is 0 Å². The molecule has 1 atom stereocenters. The minimum Gasteiger partial charge on any atom is -0.354 e. The molecule has 0 aliphatic carbocycles. The topological polar surface area (TPSA) is 75.5 Å². The lowest BCUT2D eigenvalue weighted by Crippen LogP contribution is -2.49. The number of carbonyl (C=O) groups is 2. The number of amides is 2. The van der Waals surface area contributed by atoms with Crippen molar-refractivity contribution in [2.45, 2.75) is 39.2 Å². The zero-order valence-corrected chi connectivity index (χ0v) is 13.8. The van der Waals surface area contributed by atoms with Crippen LogP contribution in [0.25, 0.3) is 5.65 Å². The van der Waals surface area contributed by atoms with Gasteiger partial charge in [-0.25, -0.2) is 9.37 Å². The molecule has 2 amide bonds. The van der Waals surface area contributed by atoms with Crippen molar-refractivity contribution in [1.29, 1.82) is 0 Å². The van der Waals surface area contributed by atoms with Crippen LogP contribution in [0.3, 0.4) is 0 Å². The number of imidazole rings is 1. The second kappa shape index (κ2) is 6.22. The molecule has 0 spiro atoms. The third-order valence-electron chi connectivity index (χ3n) is 5.01. The van der Waals surface area contributed by atoms with Crippen LogP contribution in [0.5, 0.6) is 0 Å². The lowest BCUT2D eigenvalue weighted by atomic mass is 9.77. The lowest BCUT2D eigenvalue weighted by molar-refractivity contribution is -0.128. The van der Waals surface area contributed by atoms with Gasteiger partial charge in [0.25, 0.3) is 0 Å². The van der Waals surface area contributed by atoms with Gasteiger partial charge in [-0.3, -0.25) is 9.59 Å². The SMILES string of the molecule is CCC1(CC)CNC(=O)C1NC(=O)Cc1cn2cc(F)ccc2n1. The summed E-state index contributed by atoms with van der Waals surface area (Å²) in [4.78, 5) is 28.7. The minimum atomic E-state index is -0.519. The summed E-state index contributed by atoms with van der Waals surface area (Å²) in [5.74, 6) is -0.759. The zero-order valence-electron chi connectivity index (χ0n) is 13.8. The molecule has 1 unspecified atom stereocenters. The average Bonchev–Trinajstić information content (AvgIpc) is 3.09. The highest BCUT2D eigenvalue weighted by Crippen LogP contribution is 2.34. The molecule has 24 heavy (non-hydrogen) atoms. The highest BCUT2D eigenvalue weighted by molar-refractivity contribution is 5.90. The van der Waals surface area contributed by atoms with E-state index in [1.165, 1.54) is 12.3 Å². The van der Waals surface area contributed by atoms with Gasteiger partial charge in [-0.15, -0.1) is 0 Å². The Balaban J connectivity index is 1.73. The maximum atomic E-state index is 13.2. The number of nitrogens with zero attached hydrogens (tertiary/aromatic N) is 2. The predicted molar refractivity (Wildman–Crippen MR) is 86.8 cm³/mol. The van der Waals surface area contributed by atoms with E-state index in [1.54, 1.807) is 16.7 Å². The van der Waals surface area contributed by atoms with E-state index in [0.29, 0.717) is 17.9 Å². The molecule has 6 nitrogen and oxygen atoms in total. The first kappa shape index (κ1) is 16.4.